The fraction of sp³-hybridized carbons (Fsp3) is 0.429. The van der Waals surface area contributed by atoms with Crippen LogP contribution in [-0.2, 0) is 16.0 Å². The van der Waals surface area contributed by atoms with E-state index in [1.54, 1.807) is 25.1 Å². The topological polar surface area (TPSA) is 77.8 Å². The maximum Gasteiger partial charge on any atom is 0.329 e. The second-order valence-electron chi connectivity index (χ2n) is 4.81. The largest absolute Gasteiger partial charge is 0.508 e. The highest BCUT2D eigenvalue weighted by Crippen LogP contribution is 2.20. The van der Waals surface area contributed by atoms with Gasteiger partial charge in [-0.2, -0.15) is 0 Å². The molecule has 0 aliphatic carbocycles. The third-order valence-corrected chi connectivity index (χ3v) is 3.15. The number of carboxylic acid groups (broad SMARTS) is 1. The molecule has 1 aromatic carbocycles. The summed E-state index contributed by atoms with van der Waals surface area (Å²) in [5, 5.41) is 18.8. The lowest BCUT2D eigenvalue weighted by molar-refractivity contribution is -0.156. The highest BCUT2D eigenvalue weighted by molar-refractivity contribution is 5.87. The van der Waals surface area contributed by atoms with E-state index in [2.05, 4.69) is 0 Å². The van der Waals surface area contributed by atoms with E-state index in [-0.39, 0.29) is 18.1 Å². The lowest BCUT2D eigenvalue weighted by atomic mass is 10.0. The van der Waals surface area contributed by atoms with E-state index in [0.717, 1.165) is 0 Å². The molecule has 1 aromatic rings. The normalized spacial score (nSPS) is 11.1. The van der Waals surface area contributed by atoms with Crippen LogP contribution in [0.25, 0.3) is 0 Å². The summed E-state index contributed by atoms with van der Waals surface area (Å²) in [5.74, 6) is -1.34. The summed E-state index contributed by atoms with van der Waals surface area (Å²) in [6, 6.07) is 6.54. The number of para-hydroxylation sites is 1. The number of likely N-dealkylation sites (N-methyl/N-ethyl adjacent to an activating group) is 1. The molecule has 2 N–H and O–H groups in total. The zero-order valence-corrected chi connectivity index (χ0v) is 11.4. The SMILES string of the molecule is CCN(C(=O)Cc1ccccc1O)C(C)(C)C(=O)O. The van der Waals surface area contributed by atoms with Gasteiger partial charge in [0.15, 0.2) is 0 Å². The van der Waals surface area contributed by atoms with Crippen molar-refractivity contribution in [1.82, 2.24) is 4.90 Å². The van der Waals surface area contributed by atoms with E-state index in [9.17, 15) is 14.7 Å². The number of carbonyl (C=O) groups is 2. The highest BCUT2D eigenvalue weighted by atomic mass is 16.4. The third-order valence-electron chi connectivity index (χ3n) is 3.15. The maximum absolute atomic E-state index is 12.2. The number of hydrogen-bond acceptors (Lipinski definition) is 3. The van der Waals surface area contributed by atoms with Gasteiger partial charge in [-0.25, -0.2) is 4.79 Å². The molecule has 5 heteroatoms. The van der Waals surface area contributed by atoms with Crippen LogP contribution < -0.4 is 0 Å². The molecule has 0 bridgehead atoms. The first-order valence-electron chi connectivity index (χ1n) is 6.11. The fourth-order valence-electron chi connectivity index (χ4n) is 1.92. The van der Waals surface area contributed by atoms with E-state index >= 15 is 0 Å². The monoisotopic (exact) mass is 265 g/mol. The second-order valence-corrected chi connectivity index (χ2v) is 4.81. The van der Waals surface area contributed by atoms with E-state index in [1.165, 1.54) is 24.8 Å². The molecule has 0 saturated heterocycles. The number of amides is 1. The molecule has 0 radical (unpaired) electrons. The fourth-order valence-corrected chi connectivity index (χ4v) is 1.92. The van der Waals surface area contributed by atoms with Gasteiger partial charge in [0.25, 0.3) is 0 Å². The summed E-state index contributed by atoms with van der Waals surface area (Å²) >= 11 is 0. The average molecular weight is 265 g/mol. The van der Waals surface area contributed by atoms with E-state index in [0.29, 0.717) is 12.1 Å². The smallest absolute Gasteiger partial charge is 0.329 e. The number of hydrogen-bond donors (Lipinski definition) is 2. The first kappa shape index (κ1) is 15.0. The Labute approximate surface area is 112 Å². The van der Waals surface area contributed by atoms with Crippen LogP contribution in [-0.4, -0.2) is 39.1 Å². The molecular weight excluding hydrogens is 246 g/mol. The Kier molecular flexibility index (Phi) is 4.53. The molecule has 0 heterocycles. The summed E-state index contributed by atoms with van der Waals surface area (Å²) < 4.78 is 0. The van der Waals surface area contributed by atoms with Crippen molar-refractivity contribution in [3.05, 3.63) is 29.8 Å². The Balaban J connectivity index is 2.93. The molecule has 104 valence electrons. The molecular formula is C14H19NO4. The first-order chi connectivity index (χ1) is 8.80. The lowest BCUT2D eigenvalue weighted by Gasteiger charge is -2.34. The standard InChI is InChI=1S/C14H19NO4/c1-4-15(14(2,3)13(18)19)12(17)9-10-7-5-6-8-11(10)16/h5-8,16H,4,9H2,1-3H3,(H,18,19). The summed E-state index contributed by atoms with van der Waals surface area (Å²) in [7, 11) is 0. The summed E-state index contributed by atoms with van der Waals surface area (Å²) in [4.78, 5) is 24.7. The van der Waals surface area contributed by atoms with Crippen LogP contribution in [0.1, 0.15) is 26.3 Å². The number of aromatic hydroxyl groups is 1. The minimum Gasteiger partial charge on any atom is -0.508 e. The van der Waals surface area contributed by atoms with Gasteiger partial charge in [0.05, 0.1) is 6.42 Å². The molecule has 19 heavy (non-hydrogen) atoms. The van der Waals surface area contributed by atoms with Crippen molar-refractivity contribution in [2.24, 2.45) is 0 Å². The average Bonchev–Trinajstić information content (AvgIpc) is 2.32. The van der Waals surface area contributed by atoms with Gasteiger partial charge in [0.2, 0.25) is 5.91 Å². The third kappa shape index (κ3) is 3.24. The van der Waals surface area contributed by atoms with Crippen LogP contribution >= 0.6 is 0 Å². The van der Waals surface area contributed by atoms with Gasteiger partial charge < -0.3 is 15.1 Å². The van der Waals surface area contributed by atoms with Crippen LogP contribution in [0.15, 0.2) is 24.3 Å². The molecule has 1 rings (SSSR count). The van der Waals surface area contributed by atoms with Crippen LogP contribution in [0.2, 0.25) is 0 Å². The Hall–Kier alpha value is -2.04. The Morgan fingerprint density at radius 3 is 2.32 bits per heavy atom. The molecule has 0 unspecified atom stereocenters. The minimum absolute atomic E-state index is 0.0166. The molecule has 0 atom stereocenters. The zero-order chi connectivity index (χ0) is 14.6. The minimum atomic E-state index is -1.27. The van der Waals surface area contributed by atoms with Gasteiger partial charge in [-0.15, -0.1) is 0 Å². The molecule has 0 aliphatic heterocycles. The molecule has 0 fully saturated rings. The highest BCUT2D eigenvalue weighted by Gasteiger charge is 2.36. The number of aliphatic carboxylic acids is 1. The number of carboxylic acids is 1. The van der Waals surface area contributed by atoms with Crippen molar-refractivity contribution in [3.63, 3.8) is 0 Å². The lowest BCUT2D eigenvalue weighted by Crippen LogP contribution is -2.53. The second kappa shape index (κ2) is 5.73. The summed E-state index contributed by atoms with van der Waals surface area (Å²) in [6.07, 6.45) is -0.0166. The van der Waals surface area contributed by atoms with Gasteiger partial charge in [-0.05, 0) is 26.8 Å². The van der Waals surface area contributed by atoms with Crippen LogP contribution in [0, 0.1) is 0 Å². The first-order valence-corrected chi connectivity index (χ1v) is 6.11. The Bertz CT molecular complexity index is 482. The molecule has 1 amide bonds. The molecule has 0 aliphatic rings. The predicted molar refractivity (Wildman–Crippen MR) is 70.9 cm³/mol. The van der Waals surface area contributed by atoms with Gasteiger partial charge >= 0.3 is 5.97 Å². The van der Waals surface area contributed by atoms with E-state index in [1.807, 2.05) is 0 Å². The van der Waals surface area contributed by atoms with Crippen molar-refractivity contribution in [3.8, 4) is 5.75 Å². The summed E-state index contributed by atoms with van der Waals surface area (Å²) in [6.45, 7) is 5.00. The number of rotatable bonds is 5. The maximum atomic E-state index is 12.2. The number of phenols is 1. The van der Waals surface area contributed by atoms with Crippen molar-refractivity contribution in [2.75, 3.05) is 6.54 Å². The van der Waals surface area contributed by atoms with E-state index in [4.69, 9.17) is 5.11 Å². The molecule has 0 spiro atoms. The van der Waals surface area contributed by atoms with Crippen LogP contribution in [0.4, 0.5) is 0 Å². The van der Waals surface area contributed by atoms with Crippen LogP contribution in [0.3, 0.4) is 0 Å². The van der Waals surface area contributed by atoms with Crippen molar-refractivity contribution < 1.29 is 19.8 Å². The molecule has 0 aromatic heterocycles. The van der Waals surface area contributed by atoms with Crippen molar-refractivity contribution in [2.45, 2.75) is 32.7 Å². The number of benzene rings is 1. The quantitative estimate of drug-likeness (QED) is 0.848. The Morgan fingerprint density at radius 2 is 1.84 bits per heavy atom. The molecule has 0 saturated carbocycles. The zero-order valence-electron chi connectivity index (χ0n) is 11.4. The van der Waals surface area contributed by atoms with Crippen molar-refractivity contribution in [1.29, 1.82) is 0 Å². The molecule has 5 nitrogen and oxygen atoms in total. The number of phenolic OH excluding ortho intramolecular Hbond substituents is 1. The van der Waals surface area contributed by atoms with Gasteiger partial charge in [0, 0.05) is 12.1 Å². The number of carbonyl (C=O) groups excluding carboxylic acids is 1. The van der Waals surface area contributed by atoms with Crippen LogP contribution in [0.5, 0.6) is 5.75 Å². The van der Waals surface area contributed by atoms with Gasteiger partial charge in [-0.3, -0.25) is 4.79 Å². The van der Waals surface area contributed by atoms with Crippen molar-refractivity contribution >= 4 is 11.9 Å². The number of nitrogens with zero attached hydrogens (tertiary/aromatic N) is 1. The van der Waals surface area contributed by atoms with E-state index < -0.39 is 11.5 Å². The Morgan fingerprint density at radius 1 is 1.26 bits per heavy atom. The van der Waals surface area contributed by atoms with Gasteiger partial charge in [0.1, 0.15) is 11.3 Å². The predicted octanol–water partition coefficient (Wildman–Crippen LogP) is 1.65. The summed E-state index contributed by atoms with van der Waals surface area (Å²) in [5.41, 5.74) is -0.775. The van der Waals surface area contributed by atoms with Gasteiger partial charge in [-0.1, -0.05) is 18.2 Å².